The Morgan fingerprint density at radius 2 is 2.44 bits per heavy atom. The van der Waals surface area contributed by atoms with E-state index in [-0.39, 0.29) is 6.61 Å². The van der Waals surface area contributed by atoms with Gasteiger partial charge in [0.15, 0.2) is 0 Å². The predicted octanol–water partition coefficient (Wildman–Crippen LogP) is -0.482. The van der Waals surface area contributed by atoms with Gasteiger partial charge in [-0.15, -0.1) is 5.59 Å². The molecule has 0 amide bonds. The van der Waals surface area contributed by atoms with Gasteiger partial charge in [0.2, 0.25) is 0 Å². The molecule has 0 aromatic carbocycles. The summed E-state index contributed by atoms with van der Waals surface area (Å²) in [5.41, 5.74) is 1.55. The van der Waals surface area contributed by atoms with Crippen LogP contribution < -0.4 is 11.4 Å². The van der Waals surface area contributed by atoms with E-state index in [1.807, 2.05) is 0 Å². The highest BCUT2D eigenvalue weighted by Crippen LogP contribution is 2.40. The van der Waals surface area contributed by atoms with Crippen molar-refractivity contribution in [1.29, 1.82) is 0 Å². The highest BCUT2D eigenvalue weighted by molar-refractivity contribution is 7.47. The van der Waals surface area contributed by atoms with Gasteiger partial charge in [-0.25, -0.2) is 10.4 Å². The van der Waals surface area contributed by atoms with Crippen molar-refractivity contribution in [2.75, 3.05) is 6.61 Å². The smallest absolute Gasteiger partial charge is 0.301 e. The molecule has 0 saturated heterocycles. The molecule has 0 aliphatic heterocycles. The lowest BCUT2D eigenvalue weighted by molar-refractivity contribution is 0.101. The van der Waals surface area contributed by atoms with E-state index in [1.165, 1.54) is 0 Å². The summed E-state index contributed by atoms with van der Waals surface area (Å²) in [5.74, 6) is 4.56. The molecule has 0 aliphatic rings. The van der Waals surface area contributed by atoms with E-state index in [0.717, 1.165) is 0 Å². The van der Waals surface area contributed by atoms with Crippen molar-refractivity contribution in [3.8, 4) is 0 Å². The predicted molar refractivity (Wildman–Crippen MR) is 29.9 cm³/mol. The van der Waals surface area contributed by atoms with Crippen LogP contribution in [0.5, 0.6) is 0 Å². The Labute approximate surface area is 52.5 Å². The molecule has 0 heterocycles. The molecule has 9 heavy (non-hydrogen) atoms. The molecule has 0 aromatic rings. The van der Waals surface area contributed by atoms with E-state index < -0.39 is 7.82 Å². The first-order valence-corrected chi connectivity index (χ1v) is 3.73. The summed E-state index contributed by atoms with van der Waals surface area (Å²) in [6.07, 6.45) is 0. The monoisotopic (exact) mass is 156 g/mol. The Kier molecular flexibility index (Phi) is 3.96. The molecule has 0 aliphatic carbocycles. The average Bonchev–Trinajstić information content (AvgIpc) is 1.64. The van der Waals surface area contributed by atoms with E-state index in [1.54, 1.807) is 12.5 Å². The first-order valence-electron chi connectivity index (χ1n) is 2.24. The first kappa shape index (κ1) is 9.03. The molecule has 0 bridgehead atoms. The van der Waals surface area contributed by atoms with Crippen LogP contribution in [0.4, 0.5) is 0 Å². The van der Waals surface area contributed by atoms with Crippen LogP contribution in [0.15, 0.2) is 0 Å². The maximum atomic E-state index is 10.4. The van der Waals surface area contributed by atoms with Crippen molar-refractivity contribution in [3.63, 3.8) is 0 Å². The molecule has 7 heteroatoms. The SMILES string of the molecule is CCOP(=O)(O)ONN. The van der Waals surface area contributed by atoms with Crippen LogP contribution in [-0.4, -0.2) is 11.5 Å². The Morgan fingerprint density at radius 1 is 1.89 bits per heavy atom. The molecule has 0 spiro atoms. The van der Waals surface area contributed by atoms with Crippen LogP contribution in [0, 0.1) is 0 Å². The summed E-state index contributed by atoms with van der Waals surface area (Å²) in [4.78, 5) is 8.48. The fraction of sp³-hybridized carbons (Fsp3) is 1.00. The Bertz CT molecular complexity index is 107. The molecule has 0 fully saturated rings. The second kappa shape index (κ2) is 3.94. The van der Waals surface area contributed by atoms with Crippen molar-refractivity contribution in [1.82, 2.24) is 5.59 Å². The summed E-state index contributed by atoms with van der Waals surface area (Å²) in [6, 6.07) is 0. The second-order valence-corrected chi connectivity index (χ2v) is 2.47. The summed E-state index contributed by atoms with van der Waals surface area (Å²) >= 11 is 0. The fourth-order valence-electron chi connectivity index (χ4n) is 0.256. The Morgan fingerprint density at radius 3 is 2.78 bits per heavy atom. The van der Waals surface area contributed by atoms with Gasteiger partial charge in [0, 0.05) is 0 Å². The third-order valence-electron chi connectivity index (χ3n) is 0.460. The highest BCUT2D eigenvalue weighted by atomic mass is 31.2. The maximum absolute atomic E-state index is 10.4. The van der Waals surface area contributed by atoms with E-state index in [4.69, 9.17) is 4.89 Å². The summed E-state index contributed by atoms with van der Waals surface area (Å²) in [7, 11) is -3.93. The van der Waals surface area contributed by atoms with Gasteiger partial charge >= 0.3 is 7.82 Å². The molecule has 0 saturated carbocycles. The van der Waals surface area contributed by atoms with Gasteiger partial charge in [0.1, 0.15) is 0 Å². The molecule has 1 atom stereocenters. The van der Waals surface area contributed by atoms with Crippen molar-refractivity contribution in [2.45, 2.75) is 6.92 Å². The zero-order valence-electron chi connectivity index (χ0n) is 4.90. The summed E-state index contributed by atoms with van der Waals surface area (Å²) in [6.45, 7) is 1.65. The quantitative estimate of drug-likeness (QED) is 0.289. The Balaban J connectivity index is 3.58. The molecule has 1 unspecified atom stereocenters. The lowest BCUT2D eigenvalue weighted by atomic mass is 10.9. The first-order chi connectivity index (χ1) is 4.12. The van der Waals surface area contributed by atoms with Gasteiger partial charge in [0.25, 0.3) is 0 Å². The number of phosphoric acid groups is 1. The van der Waals surface area contributed by atoms with Gasteiger partial charge in [-0.2, -0.15) is 4.62 Å². The minimum Gasteiger partial charge on any atom is -0.301 e. The van der Waals surface area contributed by atoms with E-state index in [9.17, 15) is 4.57 Å². The number of hydrogen-bond acceptors (Lipinski definition) is 5. The lowest BCUT2D eigenvalue weighted by Crippen LogP contribution is -2.21. The van der Waals surface area contributed by atoms with E-state index >= 15 is 0 Å². The molecule has 0 rings (SSSR count). The normalized spacial score (nSPS) is 17.2. The topological polar surface area (TPSA) is 93.8 Å². The van der Waals surface area contributed by atoms with Gasteiger partial charge in [-0.05, 0) is 6.92 Å². The van der Waals surface area contributed by atoms with Crippen LogP contribution in [0.1, 0.15) is 6.92 Å². The molecule has 0 radical (unpaired) electrons. The third kappa shape index (κ3) is 4.53. The van der Waals surface area contributed by atoms with Crippen LogP contribution in [-0.2, 0) is 13.7 Å². The number of nitrogens with two attached hydrogens (primary N) is 1. The summed E-state index contributed by atoms with van der Waals surface area (Å²) < 4.78 is 18.5. The van der Waals surface area contributed by atoms with Crippen molar-refractivity contribution >= 4 is 7.82 Å². The molecule has 4 N–H and O–H groups in total. The molecular formula is C2H9N2O4P. The number of rotatable bonds is 4. The third-order valence-corrected chi connectivity index (χ3v) is 1.38. The summed E-state index contributed by atoms with van der Waals surface area (Å²) in [5, 5.41) is 0. The Hall–Kier alpha value is 0.0300. The highest BCUT2D eigenvalue weighted by Gasteiger charge is 2.18. The van der Waals surface area contributed by atoms with Crippen molar-refractivity contribution < 1.29 is 18.6 Å². The molecular weight excluding hydrogens is 147 g/mol. The molecule has 56 valence electrons. The van der Waals surface area contributed by atoms with Crippen LogP contribution in [0.3, 0.4) is 0 Å². The maximum Gasteiger partial charge on any atom is 0.489 e. The number of phosphoric ester groups is 1. The minimum atomic E-state index is -3.93. The molecule has 6 nitrogen and oxygen atoms in total. The van der Waals surface area contributed by atoms with E-state index in [2.05, 4.69) is 15.0 Å². The standard InChI is InChI=1S/C2H9N2O4P/c1-2-7-9(5,6)8-4-3/h4H,2-3H2,1H3,(H,5,6). The van der Waals surface area contributed by atoms with Gasteiger partial charge in [-0.3, -0.25) is 4.52 Å². The second-order valence-electron chi connectivity index (χ2n) is 1.10. The van der Waals surface area contributed by atoms with Gasteiger partial charge in [0.05, 0.1) is 6.61 Å². The van der Waals surface area contributed by atoms with Crippen LogP contribution in [0.25, 0.3) is 0 Å². The number of hydrazine groups is 1. The van der Waals surface area contributed by atoms with Crippen molar-refractivity contribution in [3.05, 3.63) is 0 Å². The fourth-order valence-corrected chi connectivity index (χ4v) is 0.768. The zero-order chi connectivity index (χ0) is 7.33. The zero-order valence-corrected chi connectivity index (χ0v) is 5.80. The largest absolute Gasteiger partial charge is 0.489 e. The minimum absolute atomic E-state index is 0.0927. The number of nitrogens with one attached hydrogen (secondary N) is 1. The van der Waals surface area contributed by atoms with Crippen molar-refractivity contribution in [2.24, 2.45) is 5.84 Å². The number of hydrogen-bond donors (Lipinski definition) is 3. The van der Waals surface area contributed by atoms with E-state index in [0.29, 0.717) is 0 Å². The lowest BCUT2D eigenvalue weighted by Gasteiger charge is -2.06. The van der Waals surface area contributed by atoms with Gasteiger partial charge < -0.3 is 4.89 Å². The molecule has 0 aromatic heterocycles. The van der Waals surface area contributed by atoms with Gasteiger partial charge in [-0.1, -0.05) is 0 Å². The average molecular weight is 156 g/mol. The van der Waals surface area contributed by atoms with Crippen LogP contribution in [0.2, 0.25) is 0 Å². The van der Waals surface area contributed by atoms with Crippen LogP contribution >= 0.6 is 7.82 Å².